The lowest BCUT2D eigenvalue weighted by atomic mass is 9.90. The van der Waals surface area contributed by atoms with Gasteiger partial charge in [0.1, 0.15) is 5.75 Å². The third-order valence-electron chi connectivity index (χ3n) is 9.85. The number of fused-ring (bicyclic) bond motifs is 2. The second-order valence-corrected chi connectivity index (χ2v) is 15.3. The van der Waals surface area contributed by atoms with Crippen LogP contribution in [0.2, 0.25) is 0 Å². The second kappa shape index (κ2) is 16.3. The van der Waals surface area contributed by atoms with Crippen molar-refractivity contribution in [3.63, 3.8) is 0 Å². The van der Waals surface area contributed by atoms with Crippen molar-refractivity contribution in [3.8, 4) is 16.9 Å². The lowest BCUT2D eigenvalue weighted by Crippen LogP contribution is -2.60. The van der Waals surface area contributed by atoms with Gasteiger partial charge in [0.15, 0.2) is 6.04 Å². The summed E-state index contributed by atoms with van der Waals surface area (Å²) in [5.74, 6) is -6.57. The number of benzene rings is 3. The molecule has 282 valence electrons. The molecule has 1 aliphatic carbocycles. The molecular weight excluding hydrogens is 709 g/mol. The molecule has 0 aromatic heterocycles. The minimum absolute atomic E-state index is 0.122. The summed E-state index contributed by atoms with van der Waals surface area (Å²) < 4.78 is 100. The maximum absolute atomic E-state index is 16.6. The fraction of sp³-hybridized carbons (Fsp3) is 0.459. The smallest absolute Gasteiger partial charge is 0.490 e. The van der Waals surface area contributed by atoms with Crippen LogP contribution in [0.4, 0.5) is 22.0 Å². The van der Waals surface area contributed by atoms with Crippen LogP contribution < -0.4 is 15.2 Å². The molecule has 2 heterocycles. The van der Waals surface area contributed by atoms with E-state index in [1.807, 2.05) is 18.2 Å². The molecule has 2 saturated heterocycles. The minimum Gasteiger partial charge on any atom is -0.493 e. The molecule has 52 heavy (non-hydrogen) atoms. The number of hydrogen-bond acceptors (Lipinski definition) is 6. The molecule has 1 amide bonds. The van der Waals surface area contributed by atoms with Crippen molar-refractivity contribution in [1.29, 1.82) is 0 Å². The Morgan fingerprint density at radius 1 is 0.846 bits per heavy atom. The quantitative estimate of drug-likeness (QED) is 0.192. The first-order chi connectivity index (χ1) is 24.6. The summed E-state index contributed by atoms with van der Waals surface area (Å²) in [6, 6.07) is 17.5. The van der Waals surface area contributed by atoms with E-state index in [1.165, 1.54) is 66.6 Å². The predicted octanol–water partition coefficient (Wildman–Crippen LogP) is 6.87. The summed E-state index contributed by atoms with van der Waals surface area (Å²) in [4.78, 5) is 24.2. The van der Waals surface area contributed by atoms with Gasteiger partial charge in [-0.05, 0) is 85.9 Å². The molecule has 15 heteroatoms. The zero-order valence-electron chi connectivity index (χ0n) is 28.3. The van der Waals surface area contributed by atoms with E-state index in [0.29, 0.717) is 49.5 Å². The van der Waals surface area contributed by atoms with Crippen LogP contribution in [-0.4, -0.2) is 67.3 Å². The number of alkyl halides is 5. The minimum atomic E-state index is -5.08. The molecule has 3 atom stereocenters. The highest BCUT2D eigenvalue weighted by Crippen LogP contribution is 2.40. The monoisotopic (exact) mass is 751 g/mol. The van der Waals surface area contributed by atoms with Crippen LogP contribution in [0.15, 0.2) is 83.8 Å². The predicted molar refractivity (Wildman–Crippen MR) is 183 cm³/mol. The number of nitrogens with one attached hydrogen (secondary N) is 1. The summed E-state index contributed by atoms with van der Waals surface area (Å²) in [5, 5.41) is 7.12. The molecular formula is C37H42F5N3O6S. The van der Waals surface area contributed by atoms with Crippen molar-refractivity contribution in [2.24, 2.45) is 11.7 Å². The first-order valence-corrected chi connectivity index (χ1v) is 18.7. The standard InChI is InChI=1S/C35H41F2N3O4S.C2HF3O2/c36-35(37,27-13-7-12-26(20-27)25-10-5-2-6-11-25)33(34(41)40-29-14-15-30(40)22-28(38)21-29)39-45(42,43)32-18-16-31(17-19-32)44-23-24-8-3-1-4-9-24;3-2(4,5)1(6)7/h2,5-7,10-13,16-20,24,28-30,33,39H,1,3-4,8-9,14-15,21-23,38H2;(H,6,7). The Balaban J connectivity index is 0.000000679. The number of carbonyl (C=O) groups excluding carboxylic acids is 1. The van der Waals surface area contributed by atoms with Gasteiger partial charge in [-0.25, -0.2) is 13.2 Å². The normalized spacial score (nSPS) is 21.5. The molecule has 3 aromatic carbocycles. The van der Waals surface area contributed by atoms with Gasteiger partial charge in [-0.2, -0.15) is 26.7 Å². The lowest BCUT2D eigenvalue weighted by molar-refractivity contribution is -0.192. The van der Waals surface area contributed by atoms with Crippen molar-refractivity contribution in [1.82, 2.24) is 9.62 Å². The van der Waals surface area contributed by atoms with Gasteiger partial charge in [-0.15, -0.1) is 0 Å². The number of hydrogen-bond donors (Lipinski definition) is 3. The molecule has 9 nitrogen and oxygen atoms in total. The Morgan fingerprint density at radius 3 is 2.00 bits per heavy atom. The summed E-state index contributed by atoms with van der Waals surface area (Å²) >= 11 is 0. The summed E-state index contributed by atoms with van der Waals surface area (Å²) in [6.45, 7) is 0.553. The van der Waals surface area contributed by atoms with Gasteiger partial charge >= 0.3 is 12.1 Å². The number of carbonyl (C=O) groups is 2. The third-order valence-corrected chi connectivity index (χ3v) is 11.3. The number of ether oxygens (including phenoxy) is 1. The van der Waals surface area contributed by atoms with Gasteiger partial charge in [0.05, 0.1) is 11.5 Å². The van der Waals surface area contributed by atoms with E-state index in [0.717, 1.165) is 18.4 Å². The highest BCUT2D eigenvalue weighted by atomic mass is 32.2. The van der Waals surface area contributed by atoms with Crippen LogP contribution in [0.25, 0.3) is 11.1 Å². The number of nitrogens with two attached hydrogens (primary N) is 1. The maximum atomic E-state index is 16.6. The van der Waals surface area contributed by atoms with Crippen LogP contribution in [0, 0.1) is 5.92 Å². The number of amides is 1. The topological polar surface area (TPSA) is 139 Å². The molecule has 3 aliphatic rings. The molecule has 6 rings (SSSR count). The highest BCUT2D eigenvalue weighted by Gasteiger charge is 2.53. The number of carboxylic acids is 1. The van der Waals surface area contributed by atoms with Gasteiger partial charge in [-0.3, -0.25) is 4.79 Å². The molecule has 4 N–H and O–H groups in total. The van der Waals surface area contributed by atoms with Gasteiger partial charge in [-0.1, -0.05) is 67.8 Å². The lowest BCUT2D eigenvalue weighted by Gasteiger charge is -2.41. The van der Waals surface area contributed by atoms with Crippen LogP contribution in [0.5, 0.6) is 5.75 Å². The van der Waals surface area contributed by atoms with E-state index >= 15 is 8.78 Å². The SMILES string of the molecule is NC1CC2CCC(C1)N2C(=O)C(NS(=O)(=O)c1ccc(OCC2CCCCC2)cc1)C(F)(F)c1cccc(-c2ccccc2)c1.O=C(O)C(F)(F)F. The largest absolute Gasteiger partial charge is 0.493 e. The van der Waals surface area contributed by atoms with Gasteiger partial charge in [0.2, 0.25) is 15.9 Å². The fourth-order valence-corrected chi connectivity index (χ4v) is 8.41. The molecule has 3 aromatic rings. The molecule has 3 fully saturated rings. The van der Waals surface area contributed by atoms with E-state index in [1.54, 1.807) is 18.2 Å². The molecule has 0 radical (unpaired) electrons. The van der Waals surface area contributed by atoms with Crippen molar-refractivity contribution in [2.75, 3.05) is 6.61 Å². The number of sulfonamides is 1. The molecule has 2 aliphatic heterocycles. The Hall–Kier alpha value is -4.08. The number of halogens is 5. The highest BCUT2D eigenvalue weighted by molar-refractivity contribution is 7.89. The van der Waals surface area contributed by atoms with Crippen LogP contribution in [0.3, 0.4) is 0 Å². The van der Waals surface area contributed by atoms with E-state index in [2.05, 4.69) is 4.72 Å². The summed E-state index contributed by atoms with van der Waals surface area (Å²) in [7, 11) is -4.53. The average molecular weight is 752 g/mol. The van der Waals surface area contributed by atoms with Crippen LogP contribution in [0.1, 0.15) is 63.4 Å². The number of aliphatic carboxylic acids is 1. The second-order valence-electron chi connectivity index (χ2n) is 13.6. The van der Waals surface area contributed by atoms with E-state index in [9.17, 15) is 26.4 Å². The van der Waals surface area contributed by atoms with E-state index < -0.39 is 45.6 Å². The molecule has 0 spiro atoms. The Kier molecular flexibility index (Phi) is 12.3. The van der Waals surface area contributed by atoms with Crippen molar-refractivity contribution < 1.29 is 49.8 Å². The number of rotatable bonds is 10. The average Bonchev–Trinajstić information content (AvgIpc) is 3.40. The number of carboxylic acid groups (broad SMARTS) is 1. The molecule has 1 saturated carbocycles. The van der Waals surface area contributed by atoms with E-state index in [4.69, 9.17) is 20.4 Å². The van der Waals surface area contributed by atoms with Gasteiger partial charge in [0.25, 0.3) is 5.92 Å². The Labute approximate surface area is 299 Å². The zero-order chi connectivity index (χ0) is 37.7. The summed E-state index contributed by atoms with van der Waals surface area (Å²) in [6.07, 6.45) is 3.05. The molecule has 2 bridgehead atoms. The third kappa shape index (κ3) is 9.47. The summed E-state index contributed by atoms with van der Waals surface area (Å²) in [5.41, 5.74) is 7.01. The first-order valence-electron chi connectivity index (χ1n) is 17.2. The van der Waals surface area contributed by atoms with Crippen molar-refractivity contribution in [3.05, 3.63) is 84.4 Å². The van der Waals surface area contributed by atoms with Crippen molar-refractivity contribution in [2.45, 2.75) is 98.9 Å². The Bertz CT molecular complexity index is 1770. The zero-order valence-corrected chi connectivity index (χ0v) is 29.1. The first kappa shape index (κ1) is 39.1. The van der Waals surface area contributed by atoms with Gasteiger partial charge < -0.3 is 20.5 Å². The number of piperidine rings is 1. The van der Waals surface area contributed by atoms with Crippen molar-refractivity contribution >= 4 is 21.9 Å². The van der Waals surface area contributed by atoms with Crippen LogP contribution >= 0.6 is 0 Å². The molecule has 3 unspecified atom stereocenters. The fourth-order valence-electron chi connectivity index (χ4n) is 7.22. The number of nitrogens with zero attached hydrogens (tertiary/aromatic N) is 1. The van der Waals surface area contributed by atoms with Crippen LogP contribution in [-0.2, 0) is 25.5 Å². The van der Waals surface area contributed by atoms with Gasteiger partial charge in [0, 0.05) is 23.7 Å². The Morgan fingerprint density at radius 2 is 1.42 bits per heavy atom. The van der Waals surface area contributed by atoms with E-state index in [-0.39, 0.29) is 23.0 Å². The maximum Gasteiger partial charge on any atom is 0.490 e.